The Morgan fingerprint density at radius 2 is 1.77 bits per heavy atom. The number of esters is 1. The third kappa shape index (κ3) is 5.53. The fourth-order valence-electron chi connectivity index (χ4n) is 3.42. The lowest BCUT2D eigenvalue weighted by molar-refractivity contribution is -0.148. The molecule has 0 bridgehead atoms. The van der Waals surface area contributed by atoms with Gasteiger partial charge in [0.05, 0.1) is 19.3 Å². The van der Waals surface area contributed by atoms with Crippen molar-refractivity contribution in [3.05, 3.63) is 64.7 Å². The summed E-state index contributed by atoms with van der Waals surface area (Å²) in [5.74, 6) is -2.13. The number of piperazine rings is 1. The first kappa shape index (κ1) is 22.1. The highest BCUT2D eigenvalue weighted by molar-refractivity contribution is 6.30. The molecular formula is C21H22ClF2N3O3. The smallest absolute Gasteiger partial charge is 0.327 e. The first-order valence-electron chi connectivity index (χ1n) is 9.42. The summed E-state index contributed by atoms with van der Waals surface area (Å²) in [7, 11) is 1.34. The van der Waals surface area contributed by atoms with Crippen LogP contribution in [0.25, 0.3) is 0 Å². The van der Waals surface area contributed by atoms with E-state index in [1.165, 1.54) is 7.11 Å². The number of hydrogen-bond donors (Lipinski definition) is 1. The van der Waals surface area contributed by atoms with Gasteiger partial charge in [0, 0.05) is 37.3 Å². The van der Waals surface area contributed by atoms with Gasteiger partial charge in [0.1, 0.15) is 17.7 Å². The topological polar surface area (TPSA) is 61.9 Å². The Morgan fingerprint density at radius 1 is 1.10 bits per heavy atom. The maximum Gasteiger partial charge on any atom is 0.327 e. The predicted molar refractivity (Wildman–Crippen MR) is 109 cm³/mol. The molecule has 0 saturated carbocycles. The zero-order chi connectivity index (χ0) is 21.7. The number of methoxy groups -OCH3 is 1. The third-order valence-corrected chi connectivity index (χ3v) is 5.20. The number of benzene rings is 2. The average Bonchev–Trinajstić information content (AvgIpc) is 2.73. The molecule has 1 saturated heterocycles. The van der Waals surface area contributed by atoms with Crippen molar-refractivity contribution >= 4 is 29.2 Å². The maximum absolute atomic E-state index is 13.7. The van der Waals surface area contributed by atoms with Gasteiger partial charge in [-0.25, -0.2) is 13.6 Å². The van der Waals surface area contributed by atoms with Gasteiger partial charge in [0.2, 0.25) is 5.91 Å². The van der Waals surface area contributed by atoms with Gasteiger partial charge in [0.15, 0.2) is 0 Å². The van der Waals surface area contributed by atoms with Crippen LogP contribution in [0.5, 0.6) is 0 Å². The second-order valence-electron chi connectivity index (χ2n) is 6.96. The van der Waals surface area contributed by atoms with E-state index in [4.69, 9.17) is 16.3 Å². The molecule has 1 aliphatic rings. The Bertz CT molecular complexity index is 903. The molecule has 2 aromatic carbocycles. The van der Waals surface area contributed by atoms with E-state index < -0.39 is 23.6 Å². The number of carbonyl (C=O) groups is 2. The lowest BCUT2D eigenvalue weighted by Gasteiger charge is -2.38. The molecule has 0 aliphatic carbocycles. The van der Waals surface area contributed by atoms with E-state index >= 15 is 0 Å². The zero-order valence-electron chi connectivity index (χ0n) is 16.4. The summed E-state index contributed by atoms with van der Waals surface area (Å²) in [6.45, 7) is 2.15. The van der Waals surface area contributed by atoms with Gasteiger partial charge in [-0.05, 0) is 29.8 Å². The van der Waals surface area contributed by atoms with Crippen LogP contribution in [0.3, 0.4) is 0 Å². The summed E-state index contributed by atoms with van der Waals surface area (Å²) in [4.78, 5) is 28.5. The quantitative estimate of drug-likeness (QED) is 0.704. The molecular weight excluding hydrogens is 416 g/mol. The number of amides is 1. The lowest BCUT2D eigenvalue weighted by atomic mass is 10.0. The monoisotopic (exact) mass is 437 g/mol. The number of ether oxygens (including phenoxy) is 1. The van der Waals surface area contributed by atoms with E-state index in [1.54, 1.807) is 24.3 Å². The molecule has 2 aromatic rings. The predicted octanol–water partition coefficient (Wildman–Crippen LogP) is 3.09. The Labute approximate surface area is 178 Å². The highest BCUT2D eigenvalue weighted by atomic mass is 35.5. The minimum Gasteiger partial charge on any atom is -0.468 e. The summed E-state index contributed by atoms with van der Waals surface area (Å²) >= 11 is 5.94. The number of halogens is 3. The molecule has 1 fully saturated rings. The van der Waals surface area contributed by atoms with Crippen molar-refractivity contribution in [2.24, 2.45) is 0 Å². The van der Waals surface area contributed by atoms with Crippen molar-refractivity contribution in [2.45, 2.75) is 6.04 Å². The van der Waals surface area contributed by atoms with Crippen LogP contribution in [0.4, 0.5) is 14.5 Å². The van der Waals surface area contributed by atoms with E-state index in [-0.39, 0.29) is 18.2 Å². The summed E-state index contributed by atoms with van der Waals surface area (Å²) in [5, 5.41) is 2.97. The number of carbonyl (C=O) groups excluding carboxylic acids is 2. The van der Waals surface area contributed by atoms with E-state index in [1.807, 2.05) is 9.80 Å². The van der Waals surface area contributed by atoms with Crippen LogP contribution < -0.4 is 5.32 Å². The largest absolute Gasteiger partial charge is 0.468 e. The van der Waals surface area contributed by atoms with Gasteiger partial charge in [0.25, 0.3) is 0 Å². The van der Waals surface area contributed by atoms with Crippen LogP contribution in [0, 0.1) is 11.6 Å². The second kappa shape index (κ2) is 9.97. The molecule has 9 heteroatoms. The molecule has 1 heterocycles. The van der Waals surface area contributed by atoms with Crippen LogP contribution in [-0.4, -0.2) is 61.5 Å². The standard InChI is InChI=1S/C21H22ClF2N3O3/c1-30-21(29)20(14-2-4-15(22)5-3-14)27-10-8-26(9-11-27)13-19(28)25-18-12-16(23)6-7-17(18)24/h2-7,12,20H,8-11,13H2,1H3,(H,25,28). The minimum atomic E-state index is -0.696. The van der Waals surface area contributed by atoms with Gasteiger partial charge in [-0.15, -0.1) is 0 Å². The number of hydrogen-bond acceptors (Lipinski definition) is 5. The summed E-state index contributed by atoms with van der Waals surface area (Å²) in [6.07, 6.45) is 0. The first-order chi connectivity index (χ1) is 14.4. The maximum atomic E-state index is 13.7. The SMILES string of the molecule is COC(=O)C(c1ccc(Cl)cc1)N1CCN(CC(=O)Nc2cc(F)ccc2F)CC1. The van der Waals surface area contributed by atoms with E-state index in [2.05, 4.69) is 5.32 Å². The van der Waals surface area contributed by atoms with Crippen LogP contribution in [0.15, 0.2) is 42.5 Å². The Hall–Kier alpha value is -2.55. The summed E-state index contributed by atoms with van der Waals surface area (Å²) < 4.78 is 31.9. The molecule has 0 spiro atoms. The molecule has 30 heavy (non-hydrogen) atoms. The number of nitrogens with zero attached hydrogens (tertiary/aromatic N) is 2. The van der Waals surface area contributed by atoms with Crippen molar-refractivity contribution in [1.82, 2.24) is 9.80 Å². The molecule has 160 valence electrons. The van der Waals surface area contributed by atoms with Crippen molar-refractivity contribution in [1.29, 1.82) is 0 Å². The molecule has 3 rings (SSSR count). The fraction of sp³-hybridized carbons (Fsp3) is 0.333. The van der Waals surface area contributed by atoms with Crippen molar-refractivity contribution in [2.75, 3.05) is 45.2 Å². The lowest BCUT2D eigenvalue weighted by Crippen LogP contribution is -2.51. The fourth-order valence-corrected chi connectivity index (χ4v) is 3.54. The summed E-state index contributed by atoms with van der Waals surface area (Å²) in [6, 6.07) is 9.35. The highest BCUT2D eigenvalue weighted by Gasteiger charge is 2.31. The molecule has 1 unspecified atom stereocenters. The second-order valence-corrected chi connectivity index (χ2v) is 7.40. The van der Waals surface area contributed by atoms with Crippen LogP contribution in [0.1, 0.15) is 11.6 Å². The number of anilines is 1. The van der Waals surface area contributed by atoms with Crippen molar-refractivity contribution in [3.8, 4) is 0 Å². The molecule has 1 aliphatic heterocycles. The zero-order valence-corrected chi connectivity index (χ0v) is 17.2. The van der Waals surface area contributed by atoms with Gasteiger partial charge in [-0.3, -0.25) is 14.6 Å². The first-order valence-corrected chi connectivity index (χ1v) is 9.80. The van der Waals surface area contributed by atoms with Crippen molar-refractivity contribution < 1.29 is 23.1 Å². The van der Waals surface area contributed by atoms with E-state index in [0.717, 1.165) is 23.8 Å². The molecule has 1 N–H and O–H groups in total. The van der Waals surface area contributed by atoms with E-state index in [9.17, 15) is 18.4 Å². The number of rotatable bonds is 6. The Kier molecular flexibility index (Phi) is 7.36. The minimum absolute atomic E-state index is 0.0353. The van der Waals surface area contributed by atoms with Gasteiger partial charge in [-0.1, -0.05) is 23.7 Å². The molecule has 0 aromatic heterocycles. The molecule has 1 atom stereocenters. The van der Waals surface area contributed by atoms with Crippen LogP contribution in [0.2, 0.25) is 5.02 Å². The van der Waals surface area contributed by atoms with Crippen molar-refractivity contribution in [3.63, 3.8) is 0 Å². The molecule has 1 amide bonds. The Balaban J connectivity index is 1.58. The average molecular weight is 438 g/mol. The van der Waals surface area contributed by atoms with Gasteiger partial charge >= 0.3 is 5.97 Å². The van der Waals surface area contributed by atoms with Crippen LogP contribution >= 0.6 is 11.6 Å². The normalized spacial score (nSPS) is 16.1. The van der Waals surface area contributed by atoms with Crippen LogP contribution in [-0.2, 0) is 14.3 Å². The van der Waals surface area contributed by atoms with E-state index in [0.29, 0.717) is 31.2 Å². The summed E-state index contributed by atoms with van der Waals surface area (Å²) in [5.41, 5.74) is 0.589. The van der Waals surface area contributed by atoms with Gasteiger partial charge < -0.3 is 10.1 Å². The Morgan fingerprint density at radius 3 is 2.40 bits per heavy atom. The highest BCUT2D eigenvalue weighted by Crippen LogP contribution is 2.25. The van der Waals surface area contributed by atoms with Gasteiger partial charge in [-0.2, -0.15) is 0 Å². The number of nitrogens with one attached hydrogen (secondary N) is 1. The third-order valence-electron chi connectivity index (χ3n) is 4.95. The molecule has 0 radical (unpaired) electrons. The molecule has 6 nitrogen and oxygen atoms in total.